The van der Waals surface area contributed by atoms with Crippen LogP contribution in [0.25, 0.3) is 0 Å². The normalized spacial score (nSPS) is 10.4. The van der Waals surface area contributed by atoms with Gasteiger partial charge >= 0.3 is 0 Å². The summed E-state index contributed by atoms with van der Waals surface area (Å²) in [6.45, 7) is 2.11. The third kappa shape index (κ3) is 2.85. The zero-order chi connectivity index (χ0) is 8.81. The topological polar surface area (TPSA) is 88.8 Å². The van der Waals surface area contributed by atoms with Gasteiger partial charge in [0.1, 0.15) is 5.82 Å². The minimum absolute atomic E-state index is 0.276. The summed E-state index contributed by atoms with van der Waals surface area (Å²) >= 11 is 0. The molecule has 6 nitrogen and oxygen atoms in total. The van der Waals surface area contributed by atoms with Crippen molar-refractivity contribution >= 4 is 5.95 Å². The molecule has 0 aliphatic heterocycles. The molecule has 0 aromatic carbocycles. The molecule has 0 saturated carbocycles. The van der Waals surface area contributed by atoms with Gasteiger partial charge in [0.25, 0.3) is 0 Å². The molecular weight excluding hydrogens is 158 g/mol. The van der Waals surface area contributed by atoms with Crippen LogP contribution in [0.3, 0.4) is 0 Å². The monoisotopic (exact) mass is 171 g/mol. The zero-order valence-electron chi connectivity index (χ0n) is 7.00. The highest BCUT2D eigenvalue weighted by Gasteiger charge is 1.96. The second-order valence-electron chi connectivity index (χ2n) is 2.31. The number of H-pyrrole nitrogens is 1. The highest BCUT2D eigenvalue weighted by molar-refractivity contribution is 5.12. The summed E-state index contributed by atoms with van der Waals surface area (Å²) in [6.07, 6.45) is 0. The van der Waals surface area contributed by atoms with E-state index in [1.807, 2.05) is 0 Å². The fraction of sp³-hybridized carbons (Fsp3) is 0.667. The molecule has 1 aromatic rings. The molecule has 12 heavy (non-hydrogen) atoms. The van der Waals surface area contributed by atoms with Gasteiger partial charge in [0.2, 0.25) is 5.95 Å². The van der Waals surface area contributed by atoms with Crippen LogP contribution in [0, 0.1) is 0 Å². The number of hydrogen-bond acceptors (Lipinski definition) is 5. The lowest BCUT2D eigenvalue weighted by atomic mass is 10.5. The molecule has 0 fully saturated rings. The molecule has 68 valence electrons. The Morgan fingerprint density at radius 1 is 1.67 bits per heavy atom. The summed E-state index contributed by atoms with van der Waals surface area (Å²) < 4.78 is 4.85. The first kappa shape index (κ1) is 8.95. The average molecular weight is 171 g/mol. The third-order valence-corrected chi connectivity index (χ3v) is 1.32. The molecule has 1 heterocycles. The van der Waals surface area contributed by atoms with Gasteiger partial charge in [-0.3, -0.25) is 5.10 Å². The van der Waals surface area contributed by atoms with Gasteiger partial charge < -0.3 is 15.8 Å². The number of nitrogens with zero attached hydrogens (tertiary/aromatic N) is 2. The van der Waals surface area contributed by atoms with Gasteiger partial charge in [-0.25, -0.2) is 0 Å². The molecule has 0 atom stereocenters. The first-order valence-electron chi connectivity index (χ1n) is 3.69. The Balaban J connectivity index is 2.15. The van der Waals surface area contributed by atoms with Crippen LogP contribution in [0.4, 0.5) is 5.95 Å². The highest BCUT2D eigenvalue weighted by Crippen LogP contribution is 1.90. The lowest BCUT2D eigenvalue weighted by Gasteiger charge is -1.99. The zero-order valence-corrected chi connectivity index (χ0v) is 7.00. The molecule has 6 heteroatoms. The van der Waals surface area contributed by atoms with Crippen LogP contribution in [0.1, 0.15) is 5.82 Å². The van der Waals surface area contributed by atoms with Gasteiger partial charge in [-0.1, -0.05) is 0 Å². The number of ether oxygens (including phenoxy) is 1. The van der Waals surface area contributed by atoms with Gasteiger partial charge in [0, 0.05) is 13.7 Å². The van der Waals surface area contributed by atoms with Crippen molar-refractivity contribution in [2.45, 2.75) is 6.54 Å². The van der Waals surface area contributed by atoms with Gasteiger partial charge in [0.15, 0.2) is 0 Å². The standard InChI is InChI=1S/C6H13N5O/c1-12-3-2-8-4-5-9-6(7)11-10-5/h8H,2-4H2,1H3,(H3,7,9,10,11). The Bertz CT molecular complexity index is 223. The molecule has 0 unspecified atom stereocenters. The summed E-state index contributed by atoms with van der Waals surface area (Å²) in [5, 5.41) is 9.48. The third-order valence-electron chi connectivity index (χ3n) is 1.32. The van der Waals surface area contributed by atoms with Crippen molar-refractivity contribution in [3.63, 3.8) is 0 Å². The molecule has 0 bridgehead atoms. The Labute approximate surface area is 70.5 Å². The first-order valence-corrected chi connectivity index (χ1v) is 3.69. The number of aromatic nitrogens is 3. The van der Waals surface area contributed by atoms with Crippen LogP contribution in [0.5, 0.6) is 0 Å². The number of hydrogen-bond donors (Lipinski definition) is 3. The number of nitrogens with two attached hydrogens (primary N) is 1. The van der Waals surface area contributed by atoms with Crippen LogP contribution in [-0.2, 0) is 11.3 Å². The predicted octanol–water partition coefficient (Wildman–Crippen LogP) is -0.877. The van der Waals surface area contributed by atoms with E-state index in [1.54, 1.807) is 7.11 Å². The van der Waals surface area contributed by atoms with E-state index in [0.29, 0.717) is 13.2 Å². The molecule has 4 N–H and O–H groups in total. The number of nitrogen functional groups attached to an aromatic ring is 1. The quantitative estimate of drug-likeness (QED) is 0.501. The molecule has 1 rings (SSSR count). The largest absolute Gasteiger partial charge is 0.383 e. The highest BCUT2D eigenvalue weighted by atomic mass is 16.5. The van der Waals surface area contributed by atoms with E-state index in [2.05, 4.69) is 20.5 Å². The summed E-state index contributed by atoms with van der Waals surface area (Å²) in [5.74, 6) is 1.02. The lowest BCUT2D eigenvalue weighted by molar-refractivity contribution is 0.199. The second kappa shape index (κ2) is 4.68. The molecule has 0 saturated heterocycles. The van der Waals surface area contributed by atoms with Crippen LogP contribution < -0.4 is 11.1 Å². The van der Waals surface area contributed by atoms with Crippen molar-refractivity contribution in [1.29, 1.82) is 0 Å². The molecular formula is C6H13N5O. The first-order chi connectivity index (χ1) is 5.83. The van der Waals surface area contributed by atoms with E-state index in [-0.39, 0.29) is 5.95 Å². The minimum Gasteiger partial charge on any atom is -0.383 e. The fourth-order valence-corrected chi connectivity index (χ4v) is 0.770. The number of anilines is 1. The van der Waals surface area contributed by atoms with Crippen molar-refractivity contribution in [2.75, 3.05) is 26.0 Å². The van der Waals surface area contributed by atoms with E-state index >= 15 is 0 Å². The molecule has 0 aliphatic rings. The summed E-state index contributed by atoms with van der Waals surface area (Å²) in [5.41, 5.74) is 5.30. The SMILES string of the molecule is COCCNCc1nc(N)n[nH]1. The van der Waals surface area contributed by atoms with Crippen molar-refractivity contribution in [3.8, 4) is 0 Å². The van der Waals surface area contributed by atoms with Crippen molar-refractivity contribution in [2.24, 2.45) is 0 Å². The Kier molecular flexibility index (Phi) is 3.49. The van der Waals surface area contributed by atoms with Crippen LogP contribution in [0.2, 0.25) is 0 Å². The van der Waals surface area contributed by atoms with E-state index in [9.17, 15) is 0 Å². The minimum atomic E-state index is 0.276. The van der Waals surface area contributed by atoms with Crippen LogP contribution >= 0.6 is 0 Å². The van der Waals surface area contributed by atoms with Gasteiger partial charge in [-0.15, -0.1) is 5.10 Å². The molecule has 1 aromatic heterocycles. The molecule has 0 amide bonds. The fourth-order valence-electron chi connectivity index (χ4n) is 0.770. The molecule has 0 spiro atoms. The maximum atomic E-state index is 5.30. The summed E-state index contributed by atoms with van der Waals surface area (Å²) in [7, 11) is 1.66. The smallest absolute Gasteiger partial charge is 0.239 e. The Morgan fingerprint density at radius 2 is 2.50 bits per heavy atom. The maximum absolute atomic E-state index is 5.30. The van der Waals surface area contributed by atoms with E-state index in [1.165, 1.54) is 0 Å². The predicted molar refractivity (Wildman–Crippen MR) is 44.4 cm³/mol. The number of nitrogens with one attached hydrogen (secondary N) is 2. The van der Waals surface area contributed by atoms with Crippen LogP contribution in [-0.4, -0.2) is 35.4 Å². The lowest BCUT2D eigenvalue weighted by Crippen LogP contribution is -2.19. The van der Waals surface area contributed by atoms with E-state index in [0.717, 1.165) is 12.4 Å². The Hall–Kier alpha value is -1.14. The van der Waals surface area contributed by atoms with Crippen molar-refractivity contribution < 1.29 is 4.74 Å². The Morgan fingerprint density at radius 3 is 3.08 bits per heavy atom. The van der Waals surface area contributed by atoms with Gasteiger partial charge in [0.05, 0.1) is 13.2 Å². The average Bonchev–Trinajstić information content (AvgIpc) is 2.45. The number of rotatable bonds is 5. The number of methoxy groups -OCH3 is 1. The maximum Gasteiger partial charge on any atom is 0.239 e. The second-order valence-corrected chi connectivity index (χ2v) is 2.31. The van der Waals surface area contributed by atoms with E-state index < -0.39 is 0 Å². The molecule has 0 aliphatic carbocycles. The van der Waals surface area contributed by atoms with E-state index in [4.69, 9.17) is 10.5 Å². The summed E-state index contributed by atoms with van der Waals surface area (Å²) in [4.78, 5) is 3.92. The van der Waals surface area contributed by atoms with Gasteiger partial charge in [-0.2, -0.15) is 4.98 Å². The van der Waals surface area contributed by atoms with Gasteiger partial charge in [-0.05, 0) is 0 Å². The summed E-state index contributed by atoms with van der Waals surface area (Å²) in [6, 6.07) is 0. The van der Waals surface area contributed by atoms with Crippen molar-refractivity contribution in [3.05, 3.63) is 5.82 Å². The number of aromatic amines is 1. The van der Waals surface area contributed by atoms with Crippen molar-refractivity contribution in [1.82, 2.24) is 20.5 Å². The van der Waals surface area contributed by atoms with Crippen LogP contribution in [0.15, 0.2) is 0 Å². The molecule has 0 radical (unpaired) electrons.